The Hall–Kier alpha value is -0.780. The van der Waals surface area contributed by atoms with Crippen molar-refractivity contribution < 1.29 is 9.53 Å². The molecule has 0 unspecified atom stereocenters. The zero-order chi connectivity index (χ0) is 13.0. The summed E-state index contributed by atoms with van der Waals surface area (Å²) in [5, 5.41) is 5.71. The number of carbonyl (C=O) groups excluding carboxylic acids is 1. The van der Waals surface area contributed by atoms with Gasteiger partial charge in [-0.3, -0.25) is 0 Å². The lowest BCUT2D eigenvalue weighted by atomic mass is 10.2. The van der Waals surface area contributed by atoms with Crippen molar-refractivity contribution in [1.82, 2.24) is 10.6 Å². The highest BCUT2D eigenvalue weighted by atomic mass is 35.5. The van der Waals surface area contributed by atoms with Crippen LogP contribution in [0, 0.1) is 0 Å². The molecular weight excluding hydrogens is 272 g/mol. The maximum atomic E-state index is 11.7. The van der Waals surface area contributed by atoms with Crippen LogP contribution in [0.4, 0.5) is 4.79 Å². The predicted molar refractivity (Wildman–Crippen MR) is 73.3 cm³/mol. The third-order valence-corrected chi connectivity index (χ3v) is 4.30. The number of hydrogen-bond donors (Lipinski definition) is 2. The largest absolute Gasteiger partial charge is 0.376 e. The number of thiophene rings is 1. The minimum absolute atomic E-state index is 0.0352. The van der Waals surface area contributed by atoms with Crippen molar-refractivity contribution in [3.8, 4) is 0 Å². The molecule has 2 amide bonds. The van der Waals surface area contributed by atoms with Crippen LogP contribution in [-0.4, -0.2) is 25.3 Å². The fourth-order valence-corrected chi connectivity index (χ4v) is 2.95. The van der Waals surface area contributed by atoms with Crippen molar-refractivity contribution in [2.45, 2.75) is 31.9 Å². The van der Waals surface area contributed by atoms with Gasteiger partial charge in [0.1, 0.15) is 0 Å². The van der Waals surface area contributed by atoms with E-state index in [2.05, 4.69) is 10.6 Å². The van der Waals surface area contributed by atoms with Gasteiger partial charge in [0.15, 0.2) is 0 Å². The van der Waals surface area contributed by atoms with E-state index < -0.39 is 0 Å². The number of ether oxygens (including phenoxy) is 1. The maximum absolute atomic E-state index is 11.7. The highest BCUT2D eigenvalue weighted by molar-refractivity contribution is 7.16. The van der Waals surface area contributed by atoms with E-state index in [-0.39, 0.29) is 18.2 Å². The van der Waals surface area contributed by atoms with Gasteiger partial charge < -0.3 is 15.4 Å². The number of nitrogens with one attached hydrogen (secondary N) is 2. The topological polar surface area (TPSA) is 50.4 Å². The van der Waals surface area contributed by atoms with Gasteiger partial charge in [-0.25, -0.2) is 4.79 Å². The lowest BCUT2D eigenvalue weighted by molar-refractivity contribution is 0.111. The van der Waals surface area contributed by atoms with Crippen molar-refractivity contribution in [2.75, 3.05) is 13.2 Å². The normalized spacial score (nSPS) is 20.7. The SMILES string of the molecule is C[C@H](NC(=O)NC[C@@H]1CCCO1)c1ccc(Cl)s1. The number of carbonyl (C=O) groups is 1. The molecule has 2 heterocycles. The summed E-state index contributed by atoms with van der Waals surface area (Å²) in [6, 6.07) is 3.57. The smallest absolute Gasteiger partial charge is 0.315 e. The Bertz CT molecular complexity index is 405. The van der Waals surface area contributed by atoms with Gasteiger partial charge in [0, 0.05) is 18.0 Å². The second kappa shape index (κ2) is 6.41. The first-order chi connectivity index (χ1) is 8.65. The van der Waals surface area contributed by atoms with Gasteiger partial charge in [-0.2, -0.15) is 0 Å². The number of hydrogen-bond acceptors (Lipinski definition) is 3. The zero-order valence-corrected chi connectivity index (χ0v) is 11.8. The van der Waals surface area contributed by atoms with Crippen LogP contribution in [0.1, 0.15) is 30.7 Å². The molecule has 6 heteroatoms. The Morgan fingerprint density at radius 2 is 2.50 bits per heavy atom. The molecule has 1 aliphatic rings. The van der Waals surface area contributed by atoms with Crippen LogP contribution in [0.25, 0.3) is 0 Å². The second-order valence-electron chi connectivity index (χ2n) is 4.35. The Labute approximate surface area is 116 Å². The Kier molecular flexibility index (Phi) is 4.86. The van der Waals surface area contributed by atoms with Crippen LogP contribution in [-0.2, 0) is 4.74 Å². The molecule has 2 rings (SSSR count). The summed E-state index contributed by atoms with van der Waals surface area (Å²) in [6.45, 7) is 3.32. The standard InChI is InChI=1S/C12H17ClN2O2S/c1-8(10-4-5-11(13)18-10)15-12(16)14-7-9-3-2-6-17-9/h4-5,8-9H,2-3,6-7H2,1H3,(H2,14,15,16)/t8-,9-/m0/s1. The minimum atomic E-state index is -0.164. The highest BCUT2D eigenvalue weighted by Crippen LogP contribution is 2.26. The van der Waals surface area contributed by atoms with Gasteiger partial charge in [0.05, 0.1) is 16.5 Å². The average Bonchev–Trinajstić information content (AvgIpc) is 2.97. The molecule has 1 aromatic rings. The fraction of sp³-hybridized carbons (Fsp3) is 0.583. The van der Waals surface area contributed by atoms with Crippen LogP contribution >= 0.6 is 22.9 Å². The lowest BCUT2D eigenvalue weighted by Crippen LogP contribution is -2.40. The van der Waals surface area contributed by atoms with Gasteiger partial charge in [-0.1, -0.05) is 11.6 Å². The van der Waals surface area contributed by atoms with Crippen molar-refractivity contribution in [3.05, 3.63) is 21.3 Å². The van der Waals surface area contributed by atoms with Crippen LogP contribution in [0.2, 0.25) is 4.34 Å². The second-order valence-corrected chi connectivity index (χ2v) is 6.10. The van der Waals surface area contributed by atoms with E-state index in [9.17, 15) is 4.79 Å². The van der Waals surface area contributed by atoms with E-state index >= 15 is 0 Å². The molecule has 1 fully saturated rings. The first kappa shape index (κ1) is 13.6. The molecule has 4 nitrogen and oxygen atoms in total. The molecule has 0 radical (unpaired) electrons. The Morgan fingerprint density at radius 1 is 1.67 bits per heavy atom. The highest BCUT2D eigenvalue weighted by Gasteiger charge is 2.17. The molecule has 100 valence electrons. The Balaban J connectivity index is 1.73. The molecule has 0 aliphatic carbocycles. The van der Waals surface area contributed by atoms with Gasteiger partial charge in [0.25, 0.3) is 0 Å². The van der Waals surface area contributed by atoms with Gasteiger partial charge in [-0.05, 0) is 31.9 Å². The third kappa shape index (κ3) is 3.86. The average molecular weight is 289 g/mol. The van der Waals surface area contributed by atoms with Gasteiger partial charge in [0.2, 0.25) is 0 Å². The first-order valence-corrected chi connectivity index (χ1v) is 7.26. The summed E-state index contributed by atoms with van der Waals surface area (Å²) in [4.78, 5) is 12.7. The predicted octanol–water partition coefficient (Wildman–Crippen LogP) is 2.94. The van der Waals surface area contributed by atoms with E-state index in [1.54, 1.807) is 0 Å². The quantitative estimate of drug-likeness (QED) is 0.895. The molecule has 2 N–H and O–H groups in total. The molecule has 18 heavy (non-hydrogen) atoms. The van der Waals surface area contributed by atoms with Crippen LogP contribution in [0.15, 0.2) is 12.1 Å². The zero-order valence-electron chi connectivity index (χ0n) is 10.2. The molecular formula is C12H17ClN2O2S. The van der Waals surface area contributed by atoms with Gasteiger partial charge in [-0.15, -0.1) is 11.3 Å². The molecule has 0 bridgehead atoms. The summed E-state index contributed by atoms with van der Waals surface area (Å²) in [7, 11) is 0. The number of urea groups is 1. The summed E-state index contributed by atoms with van der Waals surface area (Å²) in [6.07, 6.45) is 2.27. The molecule has 1 aliphatic heterocycles. The Morgan fingerprint density at radius 3 is 3.11 bits per heavy atom. The first-order valence-electron chi connectivity index (χ1n) is 6.06. The van der Waals surface area contributed by atoms with Crippen LogP contribution in [0.3, 0.4) is 0 Å². The summed E-state index contributed by atoms with van der Waals surface area (Å²) in [5.41, 5.74) is 0. The summed E-state index contributed by atoms with van der Waals surface area (Å²) < 4.78 is 6.17. The van der Waals surface area contributed by atoms with E-state index in [0.29, 0.717) is 6.54 Å². The van der Waals surface area contributed by atoms with Crippen LogP contribution < -0.4 is 10.6 Å². The van der Waals surface area contributed by atoms with Crippen molar-refractivity contribution in [3.63, 3.8) is 0 Å². The van der Waals surface area contributed by atoms with Crippen molar-refractivity contribution in [1.29, 1.82) is 0 Å². The lowest BCUT2D eigenvalue weighted by Gasteiger charge is -2.15. The van der Waals surface area contributed by atoms with E-state index in [4.69, 9.17) is 16.3 Å². The summed E-state index contributed by atoms with van der Waals surface area (Å²) in [5.74, 6) is 0. The third-order valence-electron chi connectivity index (χ3n) is 2.88. The number of halogens is 1. The minimum Gasteiger partial charge on any atom is -0.376 e. The number of rotatable bonds is 4. The fourth-order valence-electron chi connectivity index (χ4n) is 1.89. The molecule has 0 aromatic carbocycles. The molecule has 0 saturated carbocycles. The van der Waals surface area contributed by atoms with Crippen molar-refractivity contribution in [2.24, 2.45) is 0 Å². The monoisotopic (exact) mass is 288 g/mol. The van der Waals surface area contributed by atoms with Gasteiger partial charge >= 0.3 is 6.03 Å². The summed E-state index contributed by atoms with van der Waals surface area (Å²) >= 11 is 7.34. The van der Waals surface area contributed by atoms with Crippen molar-refractivity contribution >= 4 is 29.0 Å². The molecule has 0 spiro atoms. The van der Waals surface area contributed by atoms with E-state index in [0.717, 1.165) is 28.7 Å². The molecule has 1 aromatic heterocycles. The van der Waals surface area contributed by atoms with E-state index in [1.807, 2.05) is 19.1 Å². The maximum Gasteiger partial charge on any atom is 0.315 e. The van der Waals surface area contributed by atoms with Crippen LogP contribution in [0.5, 0.6) is 0 Å². The molecule has 2 atom stereocenters. The number of amides is 2. The van der Waals surface area contributed by atoms with E-state index in [1.165, 1.54) is 11.3 Å². The molecule has 1 saturated heterocycles.